The van der Waals surface area contributed by atoms with E-state index in [9.17, 15) is 21.6 Å². The zero-order chi connectivity index (χ0) is 21.8. The smallest absolute Gasteiger partial charge is 0.453 e. The van der Waals surface area contributed by atoms with E-state index in [1.54, 1.807) is 6.07 Å². The van der Waals surface area contributed by atoms with Gasteiger partial charge in [0.25, 0.3) is 0 Å². The van der Waals surface area contributed by atoms with Crippen LogP contribution in [0, 0.1) is 0 Å². The van der Waals surface area contributed by atoms with Gasteiger partial charge in [-0.25, -0.2) is 13.2 Å². The van der Waals surface area contributed by atoms with Crippen LogP contribution in [0.4, 0.5) is 0 Å². The predicted molar refractivity (Wildman–Crippen MR) is 92.0 cm³/mol. The van der Waals surface area contributed by atoms with Gasteiger partial charge < -0.3 is 9.47 Å². The van der Waals surface area contributed by atoms with Crippen molar-refractivity contribution in [3.05, 3.63) is 46.3 Å². The van der Waals surface area contributed by atoms with Gasteiger partial charge in [0.1, 0.15) is 12.2 Å². The number of hydrogen-bond acceptors (Lipinski definition) is 10. The van der Waals surface area contributed by atoms with Crippen LogP contribution in [0.15, 0.2) is 35.4 Å². The fraction of sp³-hybridized carbons (Fsp3) is 0.462. The van der Waals surface area contributed by atoms with Crippen LogP contribution >= 0.6 is 0 Å². The Bertz CT molecular complexity index is 998. The van der Waals surface area contributed by atoms with Gasteiger partial charge in [0.2, 0.25) is 0 Å². The summed E-state index contributed by atoms with van der Waals surface area (Å²) in [7, 11) is -10.5. The number of azide groups is 1. The van der Waals surface area contributed by atoms with E-state index in [-0.39, 0.29) is 35.1 Å². The van der Waals surface area contributed by atoms with Crippen LogP contribution in [0.2, 0.25) is 0 Å². The third kappa shape index (κ3) is 7.75. The minimum Gasteiger partial charge on any atom is -0.453 e. The molecule has 1 aromatic rings. The van der Waals surface area contributed by atoms with E-state index in [1.807, 2.05) is 0 Å². The van der Waals surface area contributed by atoms with Crippen molar-refractivity contribution in [1.82, 2.24) is 0 Å². The SMILES string of the molecule is C[C@@H]1O[C@@H](N=[N+]=[N-])[C@H](OS(=O)(=O)O)[C@H](OS(=O)(=O)O)[C@H]1OC(=O)c1ccccc1.[Na+]. The number of benzene rings is 1. The molecule has 0 radical (unpaired) electrons. The van der Waals surface area contributed by atoms with Crippen LogP contribution in [0.1, 0.15) is 17.3 Å². The number of ether oxygens (including phenoxy) is 2. The number of carbonyl (C=O) groups is 1. The molecule has 1 fully saturated rings. The van der Waals surface area contributed by atoms with Gasteiger partial charge in [-0.15, -0.1) is 0 Å². The first kappa shape index (κ1) is 26.7. The number of esters is 1. The molecule has 0 bridgehead atoms. The molecular weight excluding hydrogens is 461 g/mol. The van der Waals surface area contributed by atoms with E-state index in [1.165, 1.54) is 31.2 Å². The molecule has 2 rings (SSSR count). The summed E-state index contributed by atoms with van der Waals surface area (Å²) in [6, 6.07) is 7.42. The minimum absolute atomic E-state index is 0. The van der Waals surface area contributed by atoms with Crippen molar-refractivity contribution in [2.75, 3.05) is 0 Å². The summed E-state index contributed by atoms with van der Waals surface area (Å²) in [4.78, 5) is 14.7. The van der Waals surface area contributed by atoms with E-state index in [2.05, 4.69) is 18.4 Å². The Morgan fingerprint density at radius 2 is 1.60 bits per heavy atom. The second kappa shape index (κ2) is 10.8. The molecule has 0 spiro atoms. The van der Waals surface area contributed by atoms with Crippen molar-refractivity contribution in [1.29, 1.82) is 0 Å². The number of hydrogen-bond donors (Lipinski definition) is 2. The third-order valence-corrected chi connectivity index (χ3v) is 4.56. The molecule has 0 saturated carbocycles. The first-order chi connectivity index (χ1) is 13.4. The molecule has 2 N–H and O–H groups in total. The summed E-state index contributed by atoms with van der Waals surface area (Å²) in [5.74, 6) is -0.970. The van der Waals surface area contributed by atoms with Crippen molar-refractivity contribution in [2.45, 2.75) is 37.6 Å². The Morgan fingerprint density at radius 3 is 2.10 bits per heavy atom. The largest absolute Gasteiger partial charge is 1.00 e. The molecule has 30 heavy (non-hydrogen) atoms. The maximum Gasteiger partial charge on any atom is 1.00 e. The molecule has 1 saturated heterocycles. The van der Waals surface area contributed by atoms with E-state index < -0.39 is 57.4 Å². The molecule has 1 heterocycles. The molecular formula is C13H15N3NaO11S2+. The predicted octanol–water partition coefficient (Wildman–Crippen LogP) is -2.35. The number of nitrogens with zero attached hydrogens (tertiary/aromatic N) is 3. The van der Waals surface area contributed by atoms with Crippen LogP contribution in [0.3, 0.4) is 0 Å². The molecule has 0 unspecified atom stereocenters. The Balaban J connectivity index is 0.00000450. The average Bonchev–Trinajstić information content (AvgIpc) is 2.60. The number of carbonyl (C=O) groups excluding carboxylic acids is 1. The van der Waals surface area contributed by atoms with E-state index in [0.717, 1.165) is 0 Å². The van der Waals surface area contributed by atoms with Gasteiger partial charge in [-0.3, -0.25) is 9.11 Å². The molecule has 0 aromatic heterocycles. The molecule has 5 atom stereocenters. The summed E-state index contributed by atoms with van der Waals surface area (Å²) >= 11 is 0. The van der Waals surface area contributed by atoms with E-state index >= 15 is 0 Å². The zero-order valence-electron chi connectivity index (χ0n) is 15.5. The fourth-order valence-electron chi connectivity index (χ4n) is 2.56. The van der Waals surface area contributed by atoms with Crippen LogP contribution < -0.4 is 29.6 Å². The second-order valence-electron chi connectivity index (χ2n) is 5.65. The Kier molecular flexibility index (Phi) is 9.65. The molecule has 1 aliphatic heterocycles. The summed E-state index contributed by atoms with van der Waals surface area (Å²) in [6.45, 7) is 1.27. The minimum atomic E-state index is -5.25. The summed E-state index contributed by atoms with van der Waals surface area (Å²) in [5, 5.41) is 3.11. The Hall–Kier alpha value is -1.30. The van der Waals surface area contributed by atoms with Gasteiger partial charge in [-0.2, -0.15) is 16.8 Å². The van der Waals surface area contributed by atoms with Crippen molar-refractivity contribution >= 4 is 26.8 Å². The summed E-state index contributed by atoms with van der Waals surface area (Å²) in [6.07, 6.45) is -8.91. The van der Waals surface area contributed by atoms with E-state index in [0.29, 0.717) is 0 Å². The van der Waals surface area contributed by atoms with E-state index in [4.69, 9.17) is 24.1 Å². The second-order valence-corrected chi connectivity index (χ2v) is 7.75. The third-order valence-electron chi connectivity index (χ3n) is 3.63. The Labute approximate surface area is 193 Å². The first-order valence-electron chi connectivity index (χ1n) is 7.68. The normalized spacial score (nSPS) is 26.7. The van der Waals surface area contributed by atoms with Gasteiger partial charge >= 0.3 is 56.3 Å². The molecule has 0 aliphatic carbocycles. The summed E-state index contributed by atoms with van der Waals surface area (Å²) < 4.78 is 82.0. The average molecular weight is 476 g/mol. The molecule has 0 amide bonds. The van der Waals surface area contributed by atoms with Crippen LogP contribution in [-0.4, -0.2) is 62.6 Å². The topological polar surface area (TPSA) is 211 Å². The van der Waals surface area contributed by atoms with Crippen molar-refractivity contribution in [2.24, 2.45) is 5.11 Å². The maximum atomic E-state index is 12.3. The molecule has 1 aliphatic rings. The molecule has 1 aromatic carbocycles. The van der Waals surface area contributed by atoms with Gasteiger partial charge in [-0.05, 0) is 24.6 Å². The van der Waals surface area contributed by atoms with Crippen molar-refractivity contribution < 1.29 is 78.1 Å². The van der Waals surface area contributed by atoms with Gasteiger partial charge in [0, 0.05) is 4.91 Å². The van der Waals surface area contributed by atoms with Crippen molar-refractivity contribution in [3.63, 3.8) is 0 Å². The standard InChI is InChI=1S/C13H15N3O11S2.Na/c1-7-9(25-13(17)8-5-3-2-4-6-8)10(26-28(18,19)20)11(27-29(21,22)23)12(24-7)15-16-14;/h2-7,9-12H,1H3,(H,18,19,20)(H,21,22,23);/q;+1/t7-,9-,10+,11+,12+;/m0./s1. The number of rotatable bonds is 7. The van der Waals surface area contributed by atoms with Crippen molar-refractivity contribution in [3.8, 4) is 0 Å². The van der Waals surface area contributed by atoms with Gasteiger partial charge in [0.05, 0.1) is 11.7 Å². The van der Waals surface area contributed by atoms with Crippen LogP contribution in [0.5, 0.6) is 0 Å². The van der Waals surface area contributed by atoms with Crippen LogP contribution in [0.25, 0.3) is 10.4 Å². The molecule has 17 heteroatoms. The molecule has 14 nitrogen and oxygen atoms in total. The first-order valence-corrected chi connectivity index (χ1v) is 10.4. The fourth-order valence-corrected chi connectivity index (χ4v) is 3.54. The van der Waals surface area contributed by atoms with Crippen LogP contribution in [-0.2, 0) is 38.6 Å². The zero-order valence-corrected chi connectivity index (χ0v) is 19.1. The Morgan fingerprint density at radius 1 is 1.07 bits per heavy atom. The quantitative estimate of drug-likeness (QED) is 0.106. The maximum absolute atomic E-state index is 12.3. The van der Waals surface area contributed by atoms with Gasteiger partial charge in [0.15, 0.2) is 12.3 Å². The van der Waals surface area contributed by atoms with Gasteiger partial charge in [-0.1, -0.05) is 23.3 Å². The summed E-state index contributed by atoms with van der Waals surface area (Å²) in [5.41, 5.74) is 8.67. The monoisotopic (exact) mass is 476 g/mol. The molecule has 160 valence electrons.